The molecule has 0 saturated carbocycles. The van der Waals surface area contributed by atoms with Crippen LogP contribution in [0.5, 0.6) is 0 Å². The van der Waals surface area contributed by atoms with E-state index in [1.54, 1.807) is 0 Å². The average molecular weight is 176 g/mol. The van der Waals surface area contributed by atoms with Crippen LogP contribution < -0.4 is 29.6 Å². The first-order valence-electron chi connectivity index (χ1n) is 2.49. The van der Waals surface area contributed by atoms with E-state index >= 15 is 0 Å². The molecule has 0 aliphatic carbocycles. The summed E-state index contributed by atoms with van der Waals surface area (Å²) in [5.41, 5.74) is 0. The minimum Gasteiger partial charge on any atom is -0.746 e. The molecule has 0 radical (unpaired) electrons. The van der Waals surface area contributed by atoms with Crippen LogP contribution in [0.15, 0.2) is 0 Å². The molecule has 0 fully saturated rings. The topological polar surface area (TPSA) is 77.4 Å². The molecular formula is C4H9NaO4S. The van der Waals surface area contributed by atoms with Gasteiger partial charge in [-0.05, 0) is 13.3 Å². The zero-order chi connectivity index (χ0) is 7.71. The SMILES string of the molecule is CCC(C)(O)S(=O)(=O)[O-].[Na+]. The Morgan fingerprint density at radius 3 is 1.90 bits per heavy atom. The Kier molecular flexibility index (Phi) is 5.43. The molecule has 10 heavy (non-hydrogen) atoms. The van der Waals surface area contributed by atoms with Gasteiger partial charge in [-0.2, -0.15) is 0 Å². The average Bonchev–Trinajstić information content (AvgIpc) is 1.64. The van der Waals surface area contributed by atoms with Gasteiger partial charge in [-0.1, -0.05) is 6.92 Å². The third-order valence-electron chi connectivity index (χ3n) is 1.19. The van der Waals surface area contributed by atoms with Crippen molar-refractivity contribution in [3.8, 4) is 0 Å². The molecule has 0 saturated heterocycles. The molecule has 0 amide bonds. The van der Waals surface area contributed by atoms with E-state index in [1.165, 1.54) is 6.92 Å². The van der Waals surface area contributed by atoms with Crippen LogP contribution in [-0.2, 0) is 10.1 Å². The van der Waals surface area contributed by atoms with Crippen molar-refractivity contribution in [1.82, 2.24) is 0 Å². The van der Waals surface area contributed by atoms with Gasteiger partial charge >= 0.3 is 29.6 Å². The Morgan fingerprint density at radius 2 is 1.90 bits per heavy atom. The number of rotatable bonds is 2. The maximum absolute atomic E-state index is 10.1. The van der Waals surface area contributed by atoms with Crippen molar-refractivity contribution in [2.45, 2.75) is 25.2 Å². The Balaban J connectivity index is 0. The molecule has 1 N–H and O–H groups in total. The van der Waals surface area contributed by atoms with Crippen molar-refractivity contribution in [2.75, 3.05) is 0 Å². The summed E-state index contributed by atoms with van der Waals surface area (Å²) in [6, 6.07) is 0. The summed E-state index contributed by atoms with van der Waals surface area (Å²) in [5.74, 6) is 0. The summed E-state index contributed by atoms with van der Waals surface area (Å²) < 4.78 is 30.2. The van der Waals surface area contributed by atoms with Gasteiger partial charge in [0.1, 0.15) is 10.1 Å². The molecule has 1 atom stereocenters. The Hall–Kier alpha value is 0.870. The summed E-state index contributed by atoms with van der Waals surface area (Å²) in [7, 11) is -4.55. The quantitative estimate of drug-likeness (QED) is 0.352. The van der Waals surface area contributed by atoms with E-state index in [1.807, 2.05) is 0 Å². The molecule has 0 aliphatic heterocycles. The molecule has 0 rings (SSSR count). The van der Waals surface area contributed by atoms with Gasteiger partial charge in [0.2, 0.25) is 0 Å². The van der Waals surface area contributed by atoms with E-state index < -0.39 is 15.1 Å². The van der Waals surface area contributed by atoms with Crippen LogP contribution in [0.1, 0.15) is 20.3 Å². The number of hydrogen-bond acceptors (Lipinski definition) is 4. The first kappa shape index (κ1) is 13.5. The van der Waals surface area contributed by atoms with Crippen molar-refractivity contribution in [2.24, 2.45) is 0 Å². The van der Waals surface area contributed by atoms with Gasteiger partial charge < -0.3 is 9.66 Å². The maximum atomic E-state index is 10.1. The van der Waals surface area contributed by atoms with Gasteiger partial charge in [0.05, 0.1) is 0 Å². The van der Waals surface area contributed by atoms with Gasteiger partial charge in [-0.25, -0.2) is 8.42 Å². The van der Waals surface area contributed by atoms with Crippen molar-refractivity contribution in [3.63, 3.8) is 0 Å². The van der Waals surface area contributed by atoms with E-state index in [0.717, 1.165) is 6.92 Å². The molecule has 0 heterocycles. The van der Waals surface area contributed by atoms with Crippen LogP contribution in [0.25, 0.3) is 0 Å². The second-order valence-electron chi connectivity index (χ2n) is 1.98. The zero-order valence-electron chi connectivity index (χ0n) is 6.29. The fraction of sp³-hybridized carbons (Fsp3) is 1.00. The van der Waals surface area contributed by atoms with Crippen LogP contribution in [0, 0.1) is 0 Å². The van der Waals surface area contributed by atoms with Crippen molar-refractivity contribution < 1.29 is 47.6 Å². The molecule has 0 bridgehead atoms. The third-order valence-corrected chi connectivity index (χ3v) is 2.56. The second-order valence-corrected chi connectivity index (χ2v) is 3.77. The predicted molar refractivity (Wildman–Crippen MR) is 30.6 cm³/mol. The smallest absolute Gasteiger partial charge is 0.746 e. The number of hydrogen-bond donors (Lipinski definition) is 1. The first-order chi connectivity index (χ1) is 3.81. The van der Waals surface area contributed by atoms with Gasteiger partial charge in [0, 0.05) is 0 Å². The summed E-state index contributed by atoms with van der Waals surface area (Å²) in [5, 5.41) is 8.76. The number of aliphatic hydroxyl groups is 1. The van der Waals surface area contributed by atoms with E-state index in [2.05, 4.69) is 0 Å². The van der Waals surface area contributed by atoms with Gasteiger partial charge in [0.15, 0.2) is 4.93 Å². The van der Waals surface area contributed by atoms with Gasteiger partial charge in [-0.3, -0.25) is 0 Å². The third kappa shape index (κ3) is 3.32. The van der Waals surface area contributed by atoms with E-state index in [0.29, 0.717) is 0 Å². The molecule has 4 nitrogen and oxygen atoms in total. The fourth-order valence-corrected chi connectivity index (χ4v) is 0.530. The minimum absolute atomic E-state index is 0. The molecule has 56 valence electrons. The molecule has 6 heteroatoms. The van der Waals surface area contributed by atoms with E-state index in [4.69, 9.17) is 5.11 Å². The molecule has 0 spiro atoms. The monoisotopic (exact) mass is 176 g/mol. The van der Waals surface area contributed by atoms with Crippen LogP contribution in [0.3, 0.4) is 0 Å². The molecule has 0 aromatic rings. The summed E-state index contributed by atoms with van der Waals surface area (Å²) >= 11 is 0. The normalized spacial score (nSPS) is 17.2. The fourth-order valence-electron chi connectivity index (χ4n) is 0.177. The minimum atomic E-state index is -4.55. The summed E-state index contributed by atoms with van der Waals surface area (Å²) in [6.07, 6.45) is -0.0845. The van der Waals surface area contributed by atoms with E-state index in [9.17, 15) is 13.0 Å². The first-order valence-corrected chi connectivity index (χ1v) is 3.90. The second kappa shape index (κ2) is 4.04. The molecule has 0 aromatic carbocycles. The molecular weight excluding hydrogens is 167 g/mol. The summed E-state index contributed by atoms with van der Waals surface area (Å²) in [6.45, 7) is 2.41. The molecule has 0 aromatic heterocycles. The van der Waals surface area contributed by atoms with Crippen LogP contribution in [0.2, 0.25) is 0 Å². The largest absolute Gasteiger partial charge is 1.00 e. The molecule has 0 aliphatic rings. The van der Waals surface area contributed by atoms with Crippen LogP contribution >= 0.6 is 0 Å². The van der Waals surface area contributed by atoms with Gasteiger partial charge in [-0.15, -0.1) is 0 Å². The molecule has 1 unspecified atom stereocenters. The van der Waals surface area contributed by atoms with Crippen LogP contribution in [0.4, 0.5) is 0 Å². The zero-order valence-corrected chi connectivity index (χ0v) is 9.10. The van der Waals surface area contributed by atoms with Gasteiger partial charge in [0.25, 0.3) is 0 Å². The van der Waals surface area contributed by atoms with Crippen molar-refractivity contribution >= 4 is 10.1 Å². The van der Waals surface area contributed by atoms with Crippen molar-refractivity contribution in [1.29, 1.82) is 0 Å². The predicted octanol–water partition coefficient (Wildman–Crippen LogP) is -3.35. The Bertz CT molecular complexity index is 183. The summed E-state index contributed by atoms with van der Waals surface area (Å²) in [4.78, 5) is -2.10. The maximum Gasteiger partial charge on any atom is 1.00 e. The van der Waals surface area contributed by atoms with E-state index in [-0.39, 0.29) is 36.0 Å². The van der Waals surface area contributed by atoms with Crippen LogP contribution in [-0.4, -0.2) is 23.0 Å². The standard InChI is InChI=1S/C4H10O4S.Na/c1-3-4(2,5)9(6,7)8;/h5H,3H2,1-2H3,(H,6,7,8);/q;+1/p-1. The Labute approximate surface area is 82.7 Å². The Morgan fingerprint density at radius 1 is 1.60 bits per heavy atom. The van der Waals surface area contributed by atoms with Crippen molar-refractivity contribution in [3.05, 3.63) is 0 Å².